The highest BCUT2D eigenvalue weighted by Crippen LogP contribution is 2.20. The number of hydrogen-bond donors (Lipinski definition) is 1. The minimum Gasteiger partial charge on any atom is -0.481 e. The Balaban J connectivity index is 1.41. The third-order valence-electron chi connectivity index (χ3n) is 5.23. The van der Waals surface area contributed by atoms with Gasteiger partial charge in [0.1, 0.15) is 5.82 Å². The lowest BCUT2D eigenvalue weighted by Gasteiger charge is -2.35. The Labute approximate surface area is 181 Å². The van der Waals surface area contributed by atoms with Crippen LogP contribution in [0, 0.1) is 13.8 Å². The summed E-state index contributed by atoms with van der Waals surface area (Å²) in [4.78, 5) is 30.1. The van der Waals surface area contributed by atoms with Crippen molar-refractivity contribution >= 4 is 23.4 Å². The highest BCUT2D eigenvalue weighted by molar-refractivity contribution is 5.94. The van der Waals surface area contributed by atoms with E-state index in [-0.39, 0.29) is 5.91 Å². The summed E-state index contributed by atoms with van der Waals surface area (Å²) >= 11 is 0. The van der Waals surface area contributed by atoms with Gasteiger partial charge in [0, 0.05) is 55.9 Å². The molecule has 0 unspecified atom stereocenters. The van der Waals surface area contributed by atoms with Gasteiger partial charge in [-0.2, -0.15) is 4.98 Å². The van der Waals surface area contributed by atoms with E-state index in [1.54, 1.807) is 25.4 Å². The zero-order chi connectivity index (χ0) is 21.8. The maximum atomic E-state index is 12.8. The van der Waals surface area contributed by atoms with Gasteiger partial charge in [0.2, 0.25) is 11.8 Å². The molecule has 1 aliphatic rings. The van der Waals surface area contributed by atoms with E-state index in [4.69, 9.17) is 9.72 Å². The van der Waals surface area contributed by atoms with Crippen molar-refractivity contribution in [3.8, 4) is 5.88 Å². The third-order valence-corrected chi connectivity index (χ3v) is 5.23. The summed E-state index contributed by atoms with van der Waals surface area (Å²) in [5.41, 5.74) is 3.61. The molecule has 0 aliphatic carbocycles. The van der Waals surface area contributed by atoms with Crippen LogP contribution in [-0.4, -0.2) is 59.0 Å². The van der Waals surface area contributed by atoms with Gasteiger partial charge >= 0.3 is 0 Å². The van der Waals surface area contributed by atoms with E-state index in [1.165, 1.54) is 5.56 Å². The molecular formula is C23H26N6O2. The molecule has 3 aromatic rings. The van der Waals surface area contributed by atoms with Crippen molar-refractivity contribution in [2.75, 3.05) is 43.5 Å². The highest BCUT2D eigenvalue weighted by Gasteiger charge is 2.23. The molecular weight excluding hydrogens is 392 g/mol. The molecule has 8 heteroatoms. The van der Waals surface area contributed by atoms with Gasteiger partial charge in [-0.3, -0.25) is 4.79 Å². The van der Waals surface area contributed by atoms with Crippen molar-refractivity contribution in [2.24, 2.45) is 0 Å². The number of amides is 1. The van der Waals surface area contributed by atoms with E-state index in [0.29, 0.717) is 43.6 Å². The molecule has 1 fully saturated rings. The van der Waals surface area contributed by atoms with Crippen LogP contribution in [0.4, 0.5) is 17.5 Å². The molecule has 4 rings (SSSR count). The van der Waals surface area contributed by atoms with Gasteiger partial charge in [-0.1, -0.05) is 17.7 Å². The van der Waals surface area contributed by atoms with Crippen molar-refractivity contribution in [3.63, 3.8) is 0 Å². The number of nitrogens with zero attached hydrogens (tertiary/aromatic N) is 5. The largest absolute Gasteiger partial charge is 0.481 e. The number of ether oxygens (including phenoxy) is 1. The van der Waals surface area contributed by atoms with Gasteiger partial charge in [0.15, 0.2) is 0 Å². The molecule has 0 atom stereocenters. The second-order valence-corrected chi connectivity index (χ2v) is 7.55. The van der Waals surface area contributed by atoms with E-state index in [9.17, 15) is 4.79 Å². The third kappa shape index (κ3) is 4.91. The summed E-state index contributed by atoms with van der Waals surface area (Å²) in [5, 5.41) is 3.28. The zero-order valence-electron chi connectivity index (χ0n) is 18.0. The fraction of sp³-hybridized carbons (Fsp3) is 0.304. The van der Waals surface area contributed by atoms with Crippen LogP contribution in [0.2, 0.25) is 0 Å². The second kappa shape index (κ2) is 8.99. The SMILES string of the molecule is COc1ccc(C(=O)N2CCN(c3cc(C)nc(Nc4ccc(C)cc4)n3)CC2)cn1. The van der Waals surface area contributed by atoms with Gasteiger partial charge in [-0.05, 0) is 32.0 Å². The summed E-state index contributed by atoms with van der Waals surface area (Å²) in [6, 6.07) is 13.6. The first-order chi connectivity index (χ1) is 15.0. The first-order valence-corrected chi connectivity index (χ1v) is 10.3. The fourth-order valence-corrected chi connectivity index (χ4v) is 3.48. The number of hydrogen-bond acceptors (Lipinski definition) is 7. The van der Waals surface area contributed by atoms with Gasteiger partial charge in [-0.15, -0.1) is 0 Å². The number of carbonyl (C=O) groups excluding carboxylic acids is 1. The van der Waals surface area contributed by atoms with E-state index >= 15 is 0 Å². The summed E-state index contributed by atoms with van der Waals surface area (Å²) in [6.45, 7) is 6.66. The number of benzene rings is 1. The minimum absolute atomic E-state index is 0.0182. The van der Waals surface area contributed by atoms with Crippen LogP contribution in [-0.2, 0) is 0 Å². The van der Waals surface area contributed by atoms with Crippen LogP contribution < -0.4 is 15.0 Å². The Hall–Kier alpha value is -3.68. The average Bonchev–Trinajstić information content (AvgIpc) is 2.80. The lowest BCUT2D eigenvalue weighted by molar-refractivity contribution is 0.0746. The first kappa shape index (κ1) is 20.6. The first-order valence-electron chi connectivity index (χ1n) is 10.3. The lowest BCUT2D eigenvalue weighted by atomic mass is 10.2. The molecule has 1 N–H and O–H groups in total. The van der Waals surface area contributed by atoms with E-state index < -0.39 is 0 Å². The number of methoxy groups -OCH3 is 1. The van der Waals surface area contributed by atoms with Gasteiger partial charge in [-0.25, -0.2) is 9.97 Å². The molecule has 0 bridgehead atoms. The van der Waals surface area contributed by atoms with Crippen molar-refractivity contribution in [1.29, 1.82) is 0 Å². The van der Waals surface area contributed by atoms with Crippen LogP contribution in [0.1, 0.15) is 21.6 Å². The number of piperazine rings is 1. The van der Waals surface area contributed by atoms with Crippen LogP contribution >= 0.6 is 0 Å². The minimum atomic E-state index is -0.0182. The average molecular weight is 419 g/mol. The summed E-state index contributed by atoms with van der Waals surface area (Å²) in [6.07, 6.45) is 1.56. The summed E-state index contributed by atoms with van der Waals surface area (Å²) in [7, 11) is 1.56. The number of aryl methyl sites for hydroxylation is 2. The monoisotopic (exact) mass is 418 g/mol. The zero-order valence-corrected chi connectivity index (χ0v) is 18.0. The number of aromatic nitrogens is 3. The van der Waals surface area contributed by atoms with E-state index in [0.717, 1.165) is 17.2 Å². The van der Waals surface area contributed by atoms with Gasteiger partial charge in [0.05, 0.1) is 12.7 Å². The number of carbonyl (C=O) groups is 1. The maximum Gasteiger partial charge on any atom is 0.255 e. The topological polar surface area (TPSA) is 83.5 Å². The Morgan fingerprint density at radius 2 is 1.74 bits per heavy atom. The van der Waals surface area contributed by atoms with Crippen molar-refractivity contribution in [2.45, 2.75) is 13.8 Å². The number of pyridine rings is 1. The van der Waals surface area contributed by atoms with E-state index in [1.807, 2.05) is 42.2 Å². The van der Waals surface area contributed by atoms with Gasteiger partial charge in [0.25, 0.3) is 5.91 Å². The predicted octanol–water partition coefficient (Wildman–Crippen LogP) is 3.20. The molecule has 2 aromatic heterocycles. The molecule has 8 nitrogen and oxygen atoms in total. The molecule has 0 spiro atoms. The van der Waals surface area contributed by atoms with Crippen molar-refractivity contribution < 1.29 is 9.53 Å². The molecule has 1 amide bonds. The maximum absolute atomic E-state index is 12.8. The summed E-state index contributed by atoms with van der Waals surface area (Å²) in [5.74, 6) is 1.91. The fourth-order valence-electron chi connectivity index (χ4n) is 3.48. The smallest absolute Gasteiger partial charge is 0.255 e. The Morgan fingerprint density at radius 3 is 2.39 bits per heavy atom. The normalized spacial score (nSPS) is 13.8. The molecule has 160 valence electrons. The summed E-state index contributed by atoms with van der Waals surface area (Å²) < 4.78 is 5.06. The quantitative estimate of drug-likeness (QED) is 0.681. The molecule has 0 saturated carbocycles. The standard InChI is InChI=1S/C23H26N6O2/c1-16-4-7-19(8-5-16)26-23-25-17(2)14-20(27-23)28-10-12-29(13-11-28)22(30)18-6-9-21(31-3)24-15-18/h4-9,14-15H,10-13H2,1-3H3,(H,25,26,27). The van der Waals surface area contributed by atoms with Crippen LogP contribution in [0.15, 0.2) is 48.7 Å². The molecule has 0 radical (unpaired) electrons. The van der Waals surface area contributed by atoms with Crippen molar-refractivity contribution in [3.05, 3.63) is 65.5 Å². The molecule has 1 aromatic carbocycles. The van der Waals surface area contributed by atoms with Crippen LogP contribution in [0.25, 0.3) is 0 Å². The predicted molar refractivity (Wildman–Crippen MR) is 120 cm³/mol. The Morgan fingerprint density at radius 1 is 1.00 bits per heavy atom. The number of nitrogens with one attached hydrogen (secondary N) is 1. The van der Waals surface area contributed by atoms with Gasteiger partial charge < -0.3 is 19.9 Å². The number of rotatable bonds is 5. The van der Waals surface area contributed by atoms with E-state index in [2.05, 4.69) is 27.1 Å². The number of anilines is 3. The highest BCUT2D eigenvalue weighted by atomic mass is 16.5. The van der Waals surface area contributed by atoms with Crippen molar-refractivity contribution in [1.82, 2.24) is 19.9 Å². The van der Waals surface area contributed by atoms with Crippen LogP contribution in [0.5, 0.6) is 5.88 Å². The molecule has 1 aliphatic heterocycles. The van der Waals surface area contributed by atoms with Crippen LogP contribution in [0.3, 0.4) is 0 Å². The Bertz CT molecular complexity index is 1040. The Kier molecular flexibility index (Phi) is 5.97. The second-order valence-electron chi connectivity index (χ2n) is 7.55. The lowest BCUT2D eigenvalue weighted by Crippen LogP contribution is -2.49. The molecule has 1 saturated heterocycles. The molecule has 3 heterocycles. The molecule has 31 heavy (non-hydrogen) atoms.